The van der Waals surface area contributed by atoms with Gasteiger partial charge in [0.2, 0.25) is 0 Å². The fourth-order valence-electron chi connectivity index (χ4n) is 2.99. The number of ether oxygens (including phenoxy) is 2. The van der Waals surface area contributed by atoms with Crippen LogP contribution in [0, 0.1) is 0 Å². The molecule has 0 unspecified atom stereocenters. The average Bonchev–Trinajstić information content (AvgIpc) is 3.22. The number of fused-ring (bicyclic) bond motifs is 2. The van der Waals surface area contributed by atoms with Gasteiger partial charge in [0.15, 0.2) is 0 Å². The van der Waals surface area contributed by atoms with Crippen LogP contribution in [-0.4, -0.2) is 13.7 Å². The molecule has 21 heavy (non-hydrogen) atoms. The molecule has 2 aromatic rings. The van der Waals surface area contributed by atoms with Gasteiger partial charge in [0.1, 0.15) is 11.5 Å². The highest BCUT2D eigenvalue weighted by Gasteiger charge is 2.51. The van der Waals surface area contributed by atoms with E-state index in [0.717, 1.165) is 28.8 Å². The smallest absolute Gasteiger partial charge is 0.140 e. The molecule has 3 heteroatoms. The van der Waals surface area contributed by atoms with Crippen molar-refractivity contribution in [2.45, 2.75) is 28.9 Å². The first-order chi connectivity index (χ1) is 10.3. The van der Waals surface area contributed by atoms with Gasteiger partial charge in [0.25, 0.3) is 0 Å². The zero-order valence-electron chi connectivity index (χ0n) is 12.1. The van der Waals surface area contributed by atoms with Gasteiger partial charge < -0.3 is 9.47 Å². The first-order valence-corrected chi connectivity index (χ1v) is 8.32. The second-order valence-electron chi connectivity index (χ2n) is 5.82. The molecule has 0 N–H and O–H groups in total. The van der Waals surface area contributed by atoms with Crippen LogP contribution in [0.3, 0.4) is 0 Å². The molecule has 1 aliphatic carbocycles. The van der Waals surface area contributed by atoms with Gasteiger partial charge in [-0.2, -0.15) is 0 Å². The Bertz CT molecular complexity index is 662. The Kier molecular flexibility index (Phi) is 3.11. The number of thioether (sulfide) groups is 1. The van der Waals surface area contributed by atoms with Gasteiger partial charge in [-0.25, -0.2) is 0 Å². The van der Waals surface area contributed by atoms with Gasteiger partial charge in [-0.3, -0.25) is 0 Å². The summed E-state index contributed by atoms with van der Waals surface area (Å²) in [5.74, 6) is 2.92. The summed E-state index contributed by atoms with van der Waals surface area (Å²) >= 11 is 1.81. The molecular formula is C18H18O2S. The van der Waals surface area contributed by atoms with Crippen LogP contribution in [0.5, 0.6) is 11.5 Å². The third-order valence-electron chi connectivity index (χ3n) is 4.44. The van der Waals surface area contributed by atoms with Crippen molar-refractivity contribution in [1.29, 1.82) is 0 Å². The third-order valence-corrected chi connectivity index (χ3v) is 5.59. The Morgan fingerprint density at radius 2 is 1.95 bits per heavy atom. The highest BCUT2D eigenvalue weighted by molar-refractivity contribution is 7.98. The van der Waals surface area contributed by atoms with E-state index in [9.17, 15) is 0 Å². The fraction of sp³-hybridized carbons (Fsp3) is 0.333. The van der Waals surface area contributed by atoms with E-state index >= 15 is 0 Å². The SMILES string of the molecule is COc1ccc2c(c1SCc1ccccc1)OCC21CC1. The maximum atomic E-state index is 6.04. The lowest BCUT2D eigenvalue weighted by atomic mass is 9.98. The van der Waals surface area contributed by atoms with Crippen LogP contribution in [0.1, 0.15) is 24.0 Å². The fourth-order valence-corrected chi connectivity index (χ4v) is 4.08. The predicted octanol–water partition coefficient (Wildman–Crippen LogP) is 4.41. The van der Waals surface area contributed by atoms with E-state index in [1.54, 1.807) is 7.11 Å². The normalized spacial score (nSPS) is 17.4. The summed E-state index contributed by atoms with van der Waals surface area (Å²) in [6.45, 7) is 0.842. The van der Waals surface area contributed by atoms with Crippen molar-refractivity contribution < 1.29 is 9.47 Å². The van der Waals surface area contributed by atoms with E-state index in [0.29, 0.717) is 5.41 Å². The molecule has 2 aromatic carbocycles. The molecule has 2 aliphatic rings. The van der Waals surface area contributed by atoms with E-state index in [1.165, 1.54) is 24.0 Å². The number of hydrogen-bond donors (Lipinski definition) is 0. The minimum Gasteiger partial charge on any atom is -0.495 e. The molecular weight excluding hydrogens is 280 g/mol. The van der Waals surface area contributed by atoms with Crippen molar-refractivity contribution in [3.05, 3.63) is 53.6 Å². The van der Waals surface area contributed by atoms with Crippen molar-refractivity contribution in [3.63, 3.8) is 0 Å². The summed E-state index contributed by atoms with van der Waals surface area (Å²) in [7, 11) is 1.73. The summed E-state index contributed by atoms with van der Waals surface area (Å²) < 4.78 is 11.6. The minimum atomic E-state index is 0.323. The molecule has 2 nitrogen and oxygen atoms in total. The minimum absolute atomic E-state index is 0.323. The first kappa shape index (κ1) is 13.1. The maximum absolute atomic E-state index is 6.04. The van der Waals surface area contributed by atoms with E-state index in [2.05, 4.69) is 42.5 Å². The van der Waals surface area contributed by atoms with Crippen molar-refractivity contribution in [1.82, 2.24) is 0 Å². The van der Waals surface area contributed by atoms with Crippen LogP contribution in [-0.2, 0) is 11.2 Å². The lowest BCUT2D eigenvalue weighted by Gasteiger charge is -2.13. The lowest BCUT2D eigenvalue weighted by molar-refractivity contribution is 0.314. The quantitative estimate of drug-likeness (QED) is 0.779. The molecule has 0 radical (unpaired) electrons. The molecule has 1 heterocycles. The van der Waals surface area contributed by atoms with Gasteiger partial charge in [-0.05, 0) is 24.5 Å². The Labute approximate surface area is 129 Å². The largest absolute Gasteiger partial charge is 0.495 e. The summed E-state index contributed by atoms with van der Waals surface area (Å²) in [4.78, 5) is 1.16. The van der Waals surface area contributed by atoms with Gasteiger partial charge >= 0.3 is 0 Å². The molecule has 4 rings (SSSR count). The third kappa shape index (κ3) is 2.20. The molecule has 1 aliphatic heterocycles. The Balaban J connectivity index is 1.66. The Hall–Kier alpha value is -1.61. The van der Waals surface area contributed by atoms with Crippen molar-refractivity contribution >= 4 is 11.8 Å². The maximum Gasteiger partial charge on any atom is 0.140 e. The van der Waals surface area contributed by atoms with Crippen molar-refractivity contribution in [2.24, 2.45) is 0 Å². The Morgan fingerprint density at radius 3 is 2.67 bits per heavy atom. The topological polar surface area (TPSA) is 18.5 Å². The predicted molar refractivity (Wildman–Crippen MR) is 85.4 cm³/mol. The zero-order chi connectivity index (χ0) is 14.3. The van der Waals surface area contributed by atoms with E-state index in [4.69, 9.17) is 9.47 Å². The number of methoxy groups -OCH3 is 1. The molecule has 0 bridgehead atoms. The second kappa shape index (κ2) is 4.99. The average molecular weight is 298 g/mol. The molecule has 0 aromatic heterocycles. The summed E-state index contributed by atoms with van der Waals surface area (Å²) in [5.41, 5.74) is 3.03. The standard InChI is InChI=1S/C18H18O2S/c1-19-15-8-7-14-16(20-12-18(14)9-10-18)17(15)21-11-13-5-3-2-4-6-13/h2-8H,9-12H2,1H3. The monoisotopic (exact) mass is 298 g/mol. The highest BCUT2D eigenvalue weighted by Crippen LogP contribution is 2.58. The molecule has 1 spiro atoms. The Morgan fingerprint density at radius 1 is 1.14 bits per heavy atom. The van der Waals surface area contributed by atoms with Crippen LogP contribution in [0.2, 0.25) is 0 Å². The van der Waals surface area contributed by atoms with Crippen LogP contribution in [0.25, 0.3) is 0 Å². The summed E-state index contributed by atoms with van der Waals surface area (Å²) in [5, 5.41) is 0. The first-order valence-electron chi connectivity index (χ1n) is 7.33. The van der Waals surface area contributed by atoms with Crippen LogP contribution < -0.4 is 9.47 Å². The molecule has 0 amide bonds. The van der Waals surface area contributed by atoms with Gasteiger partial charge in [-0.1, -0.05) is 36.4 Å². The van der Waals surface area contributed by atoms with Gasteiger partial charge in [0, 0.05) is 16.7 Å². The van der Waals surface area contributed by atoms with Crippen molar-refractivity contribution in [2.75, 3.05) is 13.7 Å². The van der Waals surface area contributed by atoms with Gasteiger partial charge in [0.05, 0.1) is 18.6 Å². The van der Waals surface area contributed by atoms with Crippen LogP contribution in [0.4, 0.5) is 0 Å². The zero-order valence-corrected chi connectivity index (χ0v) is 12.9. The number of rotatable bonds is 4. The molecule has 1 fully saturated rings. The molecule has 1 saturated carbocycles. The lowest BCUT2D eigenvalue weighted by Crippen LogP contribution is -2.06. The molecule has 0 atom stereocenters. The molecule has 108 valence electrons. The summed E-state index contributed by atoms with van der Waals surface area (Å²) in [6.07, 6.45) is 2.52. The van der Waals surface area contributed by atoms with E-state index < -0.39 is 0 Å². The number of hydrogen-bond acceptors (Lipinski definition) is 3. The van der Waals surface area contributed by atoms with Crippen LogP contribution >= 0.6 is 11.8 Å². The summed E-state index contributed by atoms with van der Waals surface area (Å²) in [6, 6.07) is 14.8. The van der Waals surface area contributed by atoms with E-state index in [-0.39, 0.29) is 0 Å². The second-order valence-corrected chi connectivity index (χ2v) is 6.80. The van der Waals surface area contributed by atoms with Crippen LogP contribution in [0.15, 0.2) is 47.4 Å². The van der Waals surface area contributed by atoms with E-state index in [1.807, 2.05) is 11.8 Å². The van der Waals surface area contributed by atoms with Gasteiger partial charge in [-0.15, -0.1) is 11.8 Å². The highest BCUT2D eigenvalue weighted by atomic mass is 32.2. The molecule has 0 saturated heterocycles. The number of benzene rings is 2. The van der Waals surface area contributed by atoms with Crippen molar-refractivity contribution in [3.8, 4) is 11.5 Å².